The number of aryl methyl sites for hydroxylation is 1. The van der Waals surface area contributed by atoms with Crippen LogP contribution in [-0.2, 0) is 23.1 Å². The number of rotatable bonds is 15. The first-order valence-electron chi connectivity index (χ1n) is 20.4. The van der Waals surface area contributed by atoms with Gasteiger partial charge in [-0.05, 0) is 85.1 Å². The predicted molar refractivity (Wildman–Crippen MR) is 241 cm³/mol. The van der Waals surface area contributed by atoms with Crippen molar-refractivity contribution in [3.63, 3.8) is 0 Å². The minimum absolute atomic E-state index is 0.0273. The minimum atomic E-state index is -0.548. The Morgan fingerprint density at radius 1 is 1.12 bits per heavy atom. The number of carbonyl (C=O) groups excluding carboxylic acids is 2. The van der Waals surface area contributed by atoms with Gasteiger partial charge in [-0.1, -0.05) is 45.9 Å². The first-order valence-corrected chi connectivity index (χ1v) is 20.4. The molecule has 7 rings (SSSR count). The Kier molecular flexibility index (Phi) is 17.9. The molecule has 3 aromatic heterocycles. The molecule has 2 aromatic carbocycles. The lowest BCUT2D eigenvalue weighted by molar-refractivity contribution is -0.128. The summed E-state index contributed by atoms with van der Waals surface area (Å²) in [5.74, 6) is 7.97. The van der Waals surface area contributed by atoms with Crippen molar-refractivity contribution in [3.05, 3.63) is 99.6 Å². The third-order valence-corrected chi connectivity index (χ3v) is 10.6. The number of aliphatic hydroxyl groups is 1. The number of nitrogens with zero attached hydrogens (tertiary/aromatic N) is 4. The van der Waals surface area contributed by atoms with E-state index in [1.807, 2.05) is 43.5 Å². The summed E-state index contributed by atoms with van der Waals surface area (Å²) < 4.78 is 14.7. The second kappa shape index (κ2) is 23.0. The van der Waals surface area contributed by atoms with Crippen LogP contribution in [0.1, 0.15) is 69.5 Å². The monoisotopic (exact) mass is 822 g/mol. The second-order valence-corrected chi connectivity index (χ2v) is 14.7. The highest BCUT2D eigenvalue weighted by Crippen LogP contribution is 2.41. The molecule has 0 bridgehead atoms. The Bertz CT molecular complexity index is 2400. The highest BCUT2D eigenvalue weighted by Gasteiger charge is 2.25. The maximum atomic E-state index is 12.4. The maximum Gasteiger partial charge on any atom is 0.259 e. The zero-order valence-corrected chi connectivity index (χ0v) is 35.7. The Balaban J connectivity index is 0.000000221. The maximum absolute atomic E-state index is 12.4. The Labute approximate surface area is 352 Å². The van der Waals surface area contributed by atoms with Gasteiger partial charge in [0.25, 0.3) is 5.56 Å². The summed E-state index contributed by atoms with van der Waals surface area (Å²) in [5, 5.41) is 18.8. The third-order valence-electron chi connectivity index (χ3n) is 10.6. The fourth-order valence-electron chi connectivity index (χ4n) is 7.57. The van der Waals surface area contributed by atoms with Crippen LogP contribution >= 0.6 is 0 Å². The van der Waals surface area contributed by atoms with Gasteiger partial charge in [0.15, 0.2) is 0 Å². The molecule has 14 nitrogen and oxygen atoms in total. The third kappa shape index (κ3) is 11.6. The van der Waals surface area contributed by atoms with Gasteiger partial charge in [-0.15, -0.1) is 0 Å². The standard InChI is InChI=1S/C21H29N5O3.C17H14N2O2.C7H15N.CH4O/c1-4-6-20(21(28)24-14-27)26-15(2)18-8-7-17(13-19(18)16(26)3)29-12-5-10-25(23)11-9-22;1-19-9-15(12-3-4-18-8-14(12)17(19)20)11-5-10-6-13(10)16(7-11)21-2;1-2-3-7-4-5-8-6-7;1-2/h7-9,11,13-14,20H,2-6,10,12,22-23H2,1H3,(H,24,27,28);3-5,7-9H,6H2,1-2H3;7-8H,2-6H2,1H3;2H,1H3/b11-9-;;;. The van der Waals surface area contributed by atoms with Crippen molar-refractivity contribution in [2.24, 2.45) is 24.5 Å². The largest absolute Gasteiger partial charge is 0.496 e. The predicted octanol–water partition coefficient (Wildman–Crippen LogP) is 3.97. The van der Waals surface area contributed by atoms with Crippen LogP contribution in [0.2, 0.25) is 0 Å². The van der Waals surface area contributed by atoms with Gasteiger partial charge in [0.2, 0.25) is 12.3 Å². The first kappa shape index (κ1) is 46.7. The van der Waals surface area contributed by atoms with Crippen LogP contribution in [-0.4, -0.2) is 77.0 Å². The van der Waals surface area contributed by atoms with Crippen LogP contribution in [0, 0.1) is 5.92 Å². The summed E-state index contributed by atoms with van der Waals surface area (Å²) in [6.45, 7) is 16.2. The fourth-order valence-corrected chi connectivity index (χ4v) is 7.57. The second-order valence-electron chi connectivity index (χ2n) is 14.7. The number of imide groups is 1. The Morgan fingerprint density at radius 3 is 2.55 bits per heavy atom. The normalized spacial score (nSPS) is 14.2. The molecule has 1 aliphatic carbocycles. The number of hydrogen-bond donors (Lipinski definition) is 5. The zero-order chi connectivity index (χ0) is 43.8. The van der Waals surface area contributed by atoms with Crippen LogP contribution < -0.4 is 47.9 Å². The molecule has 4 heterocycles. The van der Waals surface area contributed by atoms with Crippen molar-refractivity contribution in [2.75, 3.05) is 40.5 Å². The van der Waals surface area contributed by atoms with Gasteiger partial charge >= 0.3 is 0 Å². The van der Waals surface area contributed by atoms with Gasteiger partial charge in [-0.2, -0.15) is 0 Å². The van der Waals surface area contributed by atoms with E-state index in [1.54, 1.807) is 41.9 Å². The lowest BCUT2D eigenvalue weighted by Crippen LogP contribution is -2.39. The smallest absolute Gasteiger partial charge is 0.259 e. The summed E-state index contributed by atoms with van der Waals surface area (Å²) in [4.78, 5) is 39.4. The number of aliphatic hydroxyl groups excluding tert-OH is 1. The fraction of sp³-hybridized carbons (Fsp3) is 0.391. The van der Waals surface area contributed by atoms with Crippen LogP contribution in [0.15, 0.2) is 72.2 Å². The van der Waals surface area contributed by atoms with E-state index in [-0.39, 0.29) is 11.5 Å². The topological polar surface area (TPSA) is 192 Å². The molecule has 7 N–H and O–H groups in total. The number of methoxy groups -OCH3 is 1. The number of nitrogens with one attached hydrogen (secondary N) is 2. The number of ether oxygens (including phenoxy) is 2. The molecule has 0 saturated carbocycles. The molecule has 5 aromatic rings. The first-order chi connectivity index (χ1) is 29.1. The summed E-state index contributed by atoms with van der Waals surface area (Å²) in [6.07, 6.45) is 15.9. The SMILES string of the molecule is C=c1c2ccc(OCCCN(N)/C=C\N)cc2c(=C)n1C(CCC)C(=O)NC=O.CCCC1CCNC1.CO.COc1cc(-c2cn(C)c(=O)c3cnccc23)cc2c1C2. The summed E-state index contributed by atoms with van der Waals surface area (Å²) in [5.41, 5.74) is 9.98. The molecule has 322 valence electrons. The van der Waals surface area contributed by atoms with Gasteiger partial charge in [0, 0.05) is 97.1 Å². The van der Waals surface area contributed by atoms with Crippen molar-refractivity contribution in [2.45, 2.75) is 64.8 Å². The van der Waals surface area contributed by atoms with Gasteiger partial charge in [0.05, 0.1) is 19.1 Å². The molecular weight excluding hydrogens is 761 g/mol. The highest BCUT2D eigenvalue weighted by atomic mass is 16.5. The number of hydrazine groups is 1. The molecule has 60 heavy (non-hydrogen) atoms. The quantitative estimate of drug-likeness (QED) is 0.0436. The highest BCUT2D eigenvalue weighted by molar-refractivity contribution is 5.96. The average molecular weight is 823 g/mol. The van der Waals surface area contributed by atoms with Crippen LogP contribution in [0.25, 0.3) is 45.8 Å². The van der Waals surface area contributed by atoms with E-state index in [9.17, 15) is 14.4 Å². The van der Waals surface area contributed by atoms with Gasteiger partial charge in [0.1, 0.15) is 17.5 Å². The minimum Gasteiger partial charge on any atom is -0.496 e. The zero-order valence-electron chi connectivity index (χ0n) is 35.7. The van der Waals surface area contributed by atoms with E-state index >= 15 is 0 Å². The molecule has 2 amide bonds. The van der Waals surface area contributed by atoms with E-state index in [4.69, 9.17) is 26.2 Å². The van der Waals surface area contributed by atoms with Crippen molar-refractivity contribution in [1.29, 1.82) is 0 Å². The lowest BCUT2D eigenvalue weighted by atomic mass is 10.0. The van der Waals surface area contributed by atoms with E-state index in [0.29, 0.717) is 47.8 Å². The number of benzene rings is 2. The van der Waals surface area contributed by atoms with Crippen LogP contribution in [0.5, 0.6) is 11.5 Å². The molecule has 2 unspecified atom stereocenters. The molecule has 14 heteroatoms. The average Bonchev–Trinajstić information content (AvgIpc) is 3.79. The molecule has 1 fully saturated rings. The van der Waals surface area contributed by atoms with Crippen molar-refractivity contribution < 1.29 is 24.2 Å². The number of nitrogens with two attached hydrogens (primary N) is 2. The summed E-state index contributed by atoms with van der Waals surface area (Å²) in [6, 6.07) is 11.2. The Morgan fingerprint density at radius 2 is 1.88 bits per heavy atom. The van der Waals surface area contributed by atoms with E-state index in [1.165, 1.54) is 54.7 Å². The molecule has 2 atom stereocenters. The van der Waals surface area contributed by atoms with Gasteiger partial charge in [-0.25, -0.2) is 5.84 Å². The molecule has 2 aliphatic rings. The number of fused-ring (bicyclic) bond motifs is 3. The molecule has 1 saturated heterocycles. The number of hydrogen-bond acceptors (Lipinski definition) is 11. The summed E-state index contributed by atoms with van der Waals surface area (Å²) >= 11 is 0. The summed E-state index contributed by atoms with van der Waals surface area (Å²) in [7, 11) is 4.46. The van der Waals surface area contributed by atoms with Crippen molar-refractivity contribution in [3.8, 4) is 22.6 Å². The van der Waals surface area contributed by atoms with Crippen molar-refractivity contribution >= 4 is 47.0 Å². The van der Waals surface area contributed by atoms with Gasteiger partial charge in [-0.3, -0.25) is 24.7 Å². The van der Waals surface area contributed by atoms with Crippen molar-refractivity contribution in [1.82, 2.24) is 29.8 Å². The van der Waals surface area contributed by atoms with E-state index in [2.05, 4.69) is 41.8 Å². The molecule has 1 aliphatic heterocycles. The van der Waals surface area contributed by atoms with E-state index < -0.39 is 6.04 Å². The van der Waals surface area contributed by atoms with Crippen LogP contribution in [0.3, 0.4) is 0 Å². The van der Waals surface area contributed by atoms with E-state index in [0.717, 1.165) is 65.3 Å². The number of aromatic nitrogens is 3. The number of carbonyl (C=O) groups is 2. The van der Waals surface area contributed by atoms with Crippen LogP contribution in [0.4, 0.5) is 0 Å². The molecule has 0 spiro atoms. The lowest BCUT2D eigenvalue weighted by Gasteiger charge is -2.17. The number of amides is 2. The molecular formula is C46H62N8O6. The molecule has 0 radical (unpaired) electrons. The Hall–Kier alpha value is -5.96. The number of pyridine rings is 2. The van der Waals surface area contributed by atoms with Gasteiger partial charge < -0.3 is 39.8 Å².